The molecule has 3 aromatic rings. The number of carbonyl (C=O) groups excluding carboxylic acids is 2. The van der Waals surface area contributed by atoms with Crippen molar-refractivity contribution >= 4 is 17.7 Å². The maximum absolute atomic E-state index is 13.9. The molecule has 1 aliphatic rings. The van der Waals surface area contributed by atoms with Crippen LogP contribution in [0.3, 0.4) is 0 Å². The van der Waals surface area contributed by atoms with Crippen molar-refractivity contribution in [3.63, 3.8) is 0 Å². The number of ether oxygens (including phenoxy) is 1. The van der Waals surface area contributed by atoms with E-state index in [0.717, 1.165) is 30.8 Å². The topological polar surface area (TPSA) is 62.3 Å². The maximum Gasteiger partial charge on any atom is 0.434 e. The highest BCUT2D eigenvalue weighted by atomic mass is 16.7. The van der Waals surface area contributed by atoms with Gasteiger partial charge in [0.15, 0.2) is 0 Å². The highest BCUT2D eigenvalue weighted by Crippen LogP contribution is 2.26. The van der Waals surface area contributed by atoms with E-state index in [2.05, 4.69) is 55.1 Å². The number of hydrogen-bond donors (Lipinski definition) is 0. The number of benzene rings is 3. The molecule has 0 aliphatic carbocycles. The van der Waals surface area contributed by atoms with E-state index in [1.165, 1.54) is 16.2 Å². The van der Waals surface area contributed by atoms with Gasteiger partial charge in [-0.2, -0.15) is 5.06 Å². The summed E-state index contributed by atoms with van der Waals surface area (Å²) in [7, 11) is 0. The lowest BCUT2D eigenvalue weighted by molar-refractivity contribution is -0.171. The predicted octanol–water partition coefficient (Wildman–Crippen LogP) is 7.03. The van der Waals surface area contributed by atoms with Gasteiger partial charge in [0.1, 0.15) is 12.2 Å². The summed E-state index contributed by atoms with van der Waals surface area (Å²) in [6, 6.07) is 28.7. The van der Waals surface area contributed by atoms with Crippen molar-refractivity contribution in [2.45, 2.75) is 53.2 Å². The van der Waals surface area contributed by atoms with Gasteiger partial charge in [0.05, 0.1) is 12.5 Å². The average Bonchev–Trinajstić information content (AvgIpc) is 3.00. The van der Waals surface area contributed by atoms with Gasteiger partial charge in [-0.05, 0) is 55.5 Å². The zero-order valence-electron chi connectivity index (χ0n) is 25.7. The van der Waals surface area contributed by atoms with Crippen LogP contribution < -0.4 is 4.90 Å². The van der Waals surface area contributed by atoms with Gasteiger partial charge < -0.3 is 14.5 Å². The summed E-state index contributed by atoms with van der Waals surface area (Å²) >= 11 is 0. The smallest absolute Gasteiger partial charge is 0.434 e. The summed E-state index contributed by atoms with van der Waals surface area (Å²) in [5.41, 5.74) is 3.80. The SMILES string of the molecule is CCC(C)[C@@H](CN(OCc1ccccc1)C(=O)OC(C)(C)C)C(=O)N1CCN(c2ccc(-c3ccccc3)cc2)CC1. The zero-order valence-corrected chi connectivity index (χ0v) is 25.7. The van der Waals surface area contributed by atoms with Crippen molar-refractivity contribution < 1.29 is 19.2 Å². The summed E-state index contributed by atoms with van der Waals surface area (Å²) < 4.78 is 5.66. The van der Waals surface area contributed by atoms with E-state index in [-0.39, 0.29) is 25.0 Å². The molecule has 2 amide bonds. The Hall–Kier alpha value is -3.84. The molecule has 0 bridgehead atoms. The van der Waals surface area contributed by atoms with E-state index >= 15 is 0 Å². The second-order valence-corrected chi connectivity index (χ2v) is 12.0. The molecule has 0 aromatic heterocycles. The number of hydrogen-bond acceptors (Lipinski definition) is 5. The maximum atomic E-state index is 13.9. The number of amides is 2. The van der Waals surface area contributed by atoms with E-state index in [9.17, 15) is 9.59 Å². The first-order chi connectivity index (χ1) is 20.1. The summed E-state index contributed by atoms with van der Waals surface area (Å²) in [4.78, 5) is 37.4. The van der Waals surface area contributed by atoms with Crippen LogP contribution in [0.25, 0.3) is 11.1 Å². The van der Waals surface area contributed by atoms with Crippen LogP contribution >= 0.6 is 0 Å². The fraction of sp³-hybridized carbons (Fsp3) is 0.429. The molecule has 1 unspecified atom stereocenters. The summed E-state index contributed by atoms with van der Waals surface area (Å²) in [5.74, 6) is -0.290. The van der Waals surface area contributed by atoms with E-state index in [1.54, 1.807) is 0 Å². The molecule has 42 heavy (non-hydrogen) atoms. The molecule has 0 saturated carbocycles. The number of hydroxylamine groups is 2. The minimum Gasteiger partial charge on any atom is -0.442 e. The van der Waals surface area contributed by atoms with E-state index in [4.69, 9.17) is 9.57 Å². The summed E-state index contributed by atoms with van der Waals surface area (Å²) in [6.07, 6.45) is 0.230. The van der Waals surface area contributed by atoms with Crippen LogP contribution in [0.15, 0.2) is 84.9 Å². The highest BCUT2D eigenvalue weighted by Gasteiger charge is 2.35. The first kappa shape index (κ1) is 31.1. The number of nitrogens with zero attached hydrogens (tertiary/aromatic N) is 3. The van der Waals surface area contributed by atoms with Crippen molar-refractivity contribution in [3.8, 4) is 11.1 Å². The third-order valence-electron chi connectivity index (χ3n) is 7.77. The third-order valence-corrected chi connectivity index (χ3v) is 7.77. The predicted molar refractivity (Wildman–Crippen MR) is 168 cm³/mol. The Labute approximate surface area is 251 Å². The minimum absolute atomic E-state index is 0.0558. The fourth-order valence-corrected chi connectivity index (χ4v) is 5.10. The molecule has 1 heterocycles. The number of rotatable bonds is 10. The Bertz CT molecular complexity index is 1270. The molecule has 1 aliphatic heterocycles. The highest BCUT2D eigenvalue weighted by molar-refractivity contribution is 5.80. The Morgan fingerprint density at radius 3 is 1.98 bits per heavy atom. The van der Waals surface area contributed by atoms with Crippen molar-refractivity contribution in [3.05, 3.63) is 90.5 Å². The fourth-order valence-electron chi connectivity index (χ4n) is 5.10. The van der Waals surface area contributed by atoms with E-state index in [1.807, 2.05) is 74.2 Å². The molecular formula is C35H45N3O4. The van der Waals surface area contributed by atoms with Gasteiger partial charge in [-0.3, -0.25) is 9.63 Å². The van der Waals surface area contributed by atoms with Crippen LogP contribution in [0, 0.1) is 11.8 Å². The second kappa shape index (κ2) is 14.4. The molecule has 0 N–H and O–H groups in total. The summed E-state index contributed by atoms with van der Waals surface area (Å²) in [6.45, 7) is 12.7. The van der Waals surface area contributed by atoms with Gasteiger partial charge in [-0.1, -0.05) is 93.1 Å². The van der Waals surface area contributed by atoms with Crippen molar-refractivity contribution in [2.75, 3.05) is 37.6 Å². The van der Waals surface area contributed by atoms with Crippen LogP contribution in [-0.4, -0.2) is 60.3 Å². The van der Waals surface area contributed by atoms with Crippen molar-refractivity contribution in [2.24, 2.45) is 11.8 Å². The lowest BCUT2D eigenvalue weighted by Crippen LogP contribution is -2.53. The molecule has 2 atom stereocenters. The zero-order chi connectivity index (χ0) is 30.1. The molecule has 0 spiro atoms. The number of piperazine rings is 1. The van der Waals surface area contributed by atoms with Crippen molar-refractivity contribution in [1.29, 1.82) is 0 Å². The van der Waals surface area contributed by atoms with Gasteiger partial charge in [0.2, 0.25) is 5.91 Å². The molecule has 7 heteroatoms. The van der Waals surface area contributed by atoms with Crippen molar-refractivity contribution in [1.82, 2.24) is 9.96 Å². The van der Waals surface area contributed by atoms with E-state index in [0.29, 0.717) is 13.1 Å². The monoisotopic (exact) mass is 571 g/mol. The quantitative estimate of drug-likeness (QED) is 0.245. The number of carbonyl (C=O) groups is 2. The van der Waals surface area contributed by atoms with Gasteiger partial charge in [0, 0.05) is 31.9 Å². The molecule has 1 fully saturated rings. The first-order valence-electron chi connectivity index (χ1n) is 15.0. The third kappa shape index (κ3) is 8.58. The molecule has 0 radical (unpaired) electrons. The van der Waals surface area contributed by atoms with Gasteiger partial charge in [-0.15, -0.1) is 0 Å². The standard InChI is InChI=1S/C35H45N3O4/c1-6-27(2)32(25-38(34(40)42-35(3,4)5)41-26-28-13-9-7-10-14-28)33(39)37-23-21-36(22-24-37)31-19-17-30(18-20-31)29-15-11-8-12-16-29/h7-20,27,32H,6,21-26H2,1-5H3/t27?,32-/m1/s1. The van der Waals surface area contributed by atoms with Crippen LogP contribution in [0.4, 0.5) is 10.5 Å². The molecule has 3 aromatic carbocycles. The van der Waals surface area contributed by atoms with Gasteiger partial charge in [0.25, 0.3) is 0 Å². The molecule has 4 rings (SSSR count). The summed E-state index contributed by atoms with van der Waals surface area (Å²) in [5, 5.41) is 1.25. The van der Waals surface area contributed by atoms with Crippen LogP contribution in [0.5, 0.6) is 0 Å². The van der Waals surface area contributed by atoms with Gasteiger partial charge >= 0.3 is 6.09 Å². The Kier molecular flexibility index (Phi) is 10.6. The minimum atomic E-state index is -0.684. The van der Waals surface area contributed by atoms with E-state index < -0.39 is 17.6 Å². The molecule has 1 saturated heterocycles. The number of anilines is 1. The lowest BCUT2D eigenvalue weighted by atomic mass is 9.90. The van der Waals surface area contributed by atoms with Crippen LogP contribution in [0.1, 0.15) is 46.6 Å². The van der Waals surface area contributed by atoms with Crippen LogP contribution in [-0.2, 0) is 21.0 Å². The lowest BCUT2D eigenvalue weighted by Gasteiger charge is -2.39. The van der Waals surface area contributed by atoms with Crippen LogP contribution in [0.2, 0.25) is 0 Å². The Morgan fingerprint density at radius 1 is 0.833 bits per heavy atom. The average molecular weight is 572 g/mol. The Balaban J connectivity index is 1.41. The largest absolute Gasteiger partial charge is 0.442 e. The van der Waals surface area contributed by atoms with Gasteiger partial charge in [-0.25, -0.2) is 4.79 Å². The first-order valence-corrected chi connectivity index (χ1v) is 15.0. The second-order valence-electron chi connectivity index (χ2n) is 12.0. The molecule has 224 valence electrons. The molecule has 7 nitrogen and oxygen atoms in total. The molecular weight excluding hydrogens is 526 g/mol. The normalized spacial score (nSPS) is 15.2. The Morgan fingerprint density at radius 2 is 1.40 bits per heavy atom.